The Bertz CT molecular complexity index is 332. The highest BCUT2D eigenvalue weighted by atomic mass is 15.5. The van der Waals surface area contributed by atoms with Gasteiger partial charge in [0.1, 0.15) is 5.54 Å². The van der Waals surface area contributed by atoms with Gasteiger partial charge in [0.15, 0.2) is 0 Å². The van der Waals surface area contributed by atoms with Crippen molar-refractivity contribution in [1.29, 1.82) is 0 Å². The molecule has 78 valence electrons. The van der Waals surface area contributed by atoms with E-state index in [0.717, 1.165) is 12.1 Å². The Morgan fingerprint density at radius 3 is 2.36 bits per heavy atom. The molecule has 0 aromatic heterocycles. The lowest BCUT2D eigenvalue weighted by Crippen LogP contribution is -2.38. The third-order valence-corrected chi connectivity index (χ3v) is 1.99. The molecular weight excluding hydrogens is 180 g/mol. The number of nitrogens with zero attached hydrogens (tertiary/aromatic N) is 3. The van der Waals surface area contributed by atoms with E-state index < -0.39 is 0 Å². The van der Waals surface area contributed by atoms with Crippen LogP contribution in [0.1, 0.15) is 27.2 Å². The number of nitrogens with two attached hydrogens (primary N) is 3. The maximum absolute atomic E-state index is 5.71. The molecule has 6 heteroatoms. The second-order valence-electron chi connectivity index (χ2n) is 4.03. The highest BCUT2D eigenvalue weighted by molar-refractivity contribution is 5.91. The molecule has 0 atom stereocenters. The Morgan fingerprint density at radius 1 is 1.43 bits per heavy atom. The zero-order valence-electron chi connectivity index (χ0n) is 8.78. The topological polar surface area (TPSA) is 106 Å². The first-order chi connectivity index (χ1) is 6.33. The lowest BCUT2D eigenvalue weighted by atomic mass is 10.0. The number of guanidine groups is 2. The van der Waals surface area contributed by atoms with Gasteiger partial charge in [0.05, 0.1) is 5.71 Å². The van der Waals surface area contributed by atoms with Crippen LogP contribution in [0.15, 0.2) is 10.1 Å². The lowest BCUT2D eigenvalue weighted by Gasteiger charge is -2.15. The van der Waals surface area contributed by atoms with Crippen LogP contribution >= 0.6 is 0 Å². The third kappa shape index (κ3) is 2.01. The van der Waals surface area contributed by atoms with Crippen LogP contribution in [0.4, 0.5) is 0 Å². The summed E-state index contributed by atoms with van der Waals surface area (Å²) < 4.78 is 1.64. The Balaban J connectivity index is 3.13. The first-order valence-electron chi connectivity index (χ1n) is 4.39. The predicted molar refractivity (Wildman–Crippen MR) is 57.1 cm³/mol. The minimum Gasteiger partial charge on any atom is -0.356 e. The normalized spacial score (nSPS) is 22.9. The summed E-state index contributed by atoms with van der Waals surface area (Å²) in [7, 11) is 0. The van der Waals surface area contributed by atoms with Crippen molar-refractivity contribution in [2.24, 2.45) is 27.3 Å². The maximum atomic E-state index is 5.71. The average molecular weight is 197 g/mol. The van der Waals surface area contributed by atoms with E-state index in [4.69, 9.17) is 17.2 Å². The third-order valence-electron chi connectivity index (χ3n) is 1.99. The van der Waals surface area contributed by atoms with Crippen molar-refractivity contribution in [3.63, 3.8) is 0 Å². The second-order valence-corrected chi connectivity index (χ2v) is 4.03. The molecule has 1 aliphatic heterocycles. The summed E-state index contributed by atoms with van der Waals surface area (Å²) >= 11 is 0. The van der Waals surface area contributed by atoms with Gasteiger partial charge in [-0.3, -0.25) is 5.73 Å². The van der Waals surface area contributed by atoms with Crippen molar-refractivity contribution in [1.82, 2.24) is 0 Å². The van der Waals surface area contributed by atoms with Gasteiger partial charge < -0.3 is 11.5 Å². The summed E-state index contributed by atoms with van der Waals surface area (Å²) in [4.78, 5) is 3.77. The fourth-order valence-corrected chi connectivity index (χ4v) is 1.58. The van der Waals surface area contributed by atoms with Crippen LogP contribution in [0.3, 0.4) is 0 Å². The number of rotatable bonds is 0. The Kier molecular flexibility index (Phi) is 2.46. The molecule has 14 heavy (non-hydrogen) atoms. The van der Waals surface area contributed by atoms with Gasteiger partial charge in [0, 0.05) is 6.42 Å². The summed E-state index contributed by atoms with van der Waals surface area (Å²) in [6.07, 6.45) is 0.855. The van der Waals surface area contributed by atoms with Crippen molar-refractivity contribution < 1.29 is 4.68 Å². The van der Waals surface area contributed by atoms with E-state index in [2.05, 4.69) is 10.1 Å². The molecule has 0 spiro atoms. The number of aliphatic imine (C=N–C) groups is 1. The molecule has 0 aromatic carbocycles. The summed E-state index contributed by atoms with van der Waals surface area (Å²) in [5.41, 5.74) is 17.0. The van der Waals surface area contributed by atoms with Crippen molar-refractivity contribution in [2.45, 2.75) is 32.7 Å². The van der Waals surface area contributed by atoms with Gasteiger partial charge in [-0.15, -0.1) is 9.79 Å². The van der Waals surface area contributed by atoms with Gasteiger partial charge in [0.25, 0.3) is 5.96 Å². The summed E-state index contributed by atoms with van der Waals surface area (Å²) in [5.74, 6) is 0.171. The van der Waals surface area contributed by atoms with E-state index in [-0.39, 0.29) is 17.5 Å². The van der Waals surface area contributed by atoms with Crippen molar-refractivity contribution in [2.75, 3.05) is 0 Å². The van der Waals surface area contributed by atoms with E-state index in [0.29, 0.717) is 0 Å². The van der Waals surface area contributed by atoms with E-state index in [1.54, 1.807) is 4.68 Å². The molecule has 0 aliphatic carbocycles. The number of hydrazone groups is 1. The molecule has 0 saturated carbocycles. The van der Waals surface area contributed by atoms with Crippen molar-refractivity contribution in [3.8, 4) is 0 Å². The van der Waals surface area contributed by atoms with E-state index in [9.17, 15) is 0 Å². The molecule has 0 fully saturated rings. The van der Waals surface area contributed by atoms with Crippen LogP contribution in [0.2, 0.25) is 0 Å². The van der Waals surface area contributed by atoms with Crippen LogP contribution in [-0.4, -0.2) is 27.9 Å². The monoisotopic (exact) mass is 197 g/mol. The fourth-order valence-electron chi connectivity index (χ4n) is 1.58. The average Bonchev–Trinajstić information content (AvgIpc) is 2.22. The standard InChI is InChI=1S/C8H16N6/c1-5-4-8(2,3)14(13-5)7(11)12-6(9)10/h4H2,1-3H3,(H5,9,10,11,12)/p+1. The second kappa shape index (κ2) is 3.28. The van der Waals surface area contributed by atoms with E-state index in [1.165, 1.54) is 0 Å². The fraction of sp³-hybridized carbons (Fsp3) is 0.625. The highest BCUT2D eigenvalue weighted by Gasteiger charge is 2.35. The number of hydrogen-bond donors (Lipinski definition) is 3. The molecule has 6 N–H and O–H groups in total. The predicted octanol–water partition coefficient (Wildman–Crippen LogP) is -0.855. The molecule has 0 bridgehead atoms. The molecule has 6 nitrogen and oxygen atoms in total. The molecule has 1 aliphatic rings. The lowest BCUT2D eigenvalue weighted by molar-refractivity contribution is -0.597. The SMILES string of the molecule is CC1=N/[N+](=C(\N)N=C(N)N)C(C)(C)C1. The quantitative estimate of drug-likeness (QED) is 0.267. The molecular formula is C8H17N6+. The summed E-state index contributed by atoms with van der Waals surface area (Å²) in [5, 5.41) is 4.26. The molecule has 0 amide bonds. The zero-order valence-corrected chi connectivity index (χ0v) is 8.78. The molecule has 1 rings (SSSR count). The minimum atomic E-state index is -0.160. The minimum absolute atomic E-state index is 0.0574. The Labute approximate surface area is 83.2 Å². The Morgan fingerprint density at radius 2 is 2.00 bits per heavy atom. The molecule has 0 radical (unpaired) electrons. The summed E-state index contributed by atoms with van der Waals surface area (Å²) in [6, 6.07) is 0. The largest absolute Gasteiger partial charge is 0.412 e. The molecule has 1 heterocycles. The van der Waals surface area contributed by atoms with E-state index >= 15 is 0 Å². The van der Waals surface area contributed by atoms with Crippen LogP contribution in [0, 0.1) is 0 Å². The van der Waals surface area contributed by atoms with Crippen molar-refractivity contribution in [3.05, 3.63) is 0 Å². The smallest absolute Gasteiger partial charge is 0.356 e. The maximum Gasteiger partial charge on any atom is 0.412 e. The van der Waals surface area contributed by atoms with Gasteiger partial charge in [-0.2, -0.15) is 0 Å². The van der Waals surface area contributed by atoms with E-state index in [1.807, 2.05) is 20.8 Å². The van der Waals surface area contributed by atoms with Gasteiger partial charge in [0.2, 0.25) is 0 Å². The van der Waals surface area contributed by atoms with Crippen LogP contribution in [0.25, 0.3) is 0 Å². The van der Waals surface area contributed by atoms with Gasteiger partial charge in [-0.1, -0.05) is 0 Å². The molecule has 0 saturated heterocycles. The van der Waals surface area contributed by atoms with Crippen molar-refractivity contribution >= 4 is 17.6 Å². The number of hydrogen-bond acceptors (Lipinski definition) is 1. The van der Waals surface area contributed by atoms with Crippen LogP contribution in [0.5, 0.6) is 0 Å². The van der Waals surface area contributed by atoms with Gasteiger partial charge in [-0.25, -0.2) is 0 Å². The van der Waals surface area contributed by atoms with Crippen LogP contribution in [-0.2, 0) is 0 Å². The zero-order chi connectivity index (χ0) is 10.9. The molecule has 0 unspecified atom stereocenters. The van der Waals surface area contributed by atoms with Crippen LogP contribution < -0.4 is 17.2 Å². The molecule has 0 aromatic rings. The first-order valence-corrected chi connectivity index (χ1v) is 4.39. The first kappa shape index (κ1) is 10.5. The summed E-state index contributed by atoms with van der Waals surface area (Å²) in [6.45, 7) is 6.01. The van der Waals surface area contributed by atoms with Gasteiger partial charge >= 0.3 is 5.96 Å². The highest BCUT2D eigenvalue weighted by Crippen LogP contribution is 2.22. The Hall–Kier alpha value is -1.59. The van der Waals surface area contributed by atoms with Gasteiger partial charge in [-0.05, 0) is 25.8 Å².